The van der Waals surface area contributed by atoms with Crippen molar-refractivity contribution < 1.29 is 31.4 Å². The molecule has 4 heterocycles. The fourth-order valence-electron chi connectivity index (χ4n) is 3.22. The topological polar surface area (TPSA) is 155 Å². The van der Waals surface area contributed by atoms with Gasteiger partial charge in [-0.15, -0.1) is 0 Å². The van der Waals surface area contributed by atoms with Crippen LogP contribution in [0.15, 0.2) is 17.4 Å². The van der Waals surface area contributed by atoms with E-state index in [1.807, 2.05) is 0 Å². The fourth-order valence-corrected chi connectivity index (χ4v) is 3.53. The van der Waals surface area contributed by atoms with E-state index < -0.39 is 52.9 Å². The first kappa shape index (κ1) is 17.5. The number of hydrogen-bond donors (Lipinski definition) is 2. The first-order valence-electron chi connectivity index (χ1n) is 7.68. The largest absolute Gasteiger partial charge is 0.397 e. The van der Waals surface area contributed by atoms with Gasteiger partial charge in [-0.1, -0.05) is 0 Å². The summed E-state index contributed by atoms with van der Waals surface area (Å²) in [5, 5.41) is 0. The minimum absolute atomic E-state index is 0.128. The Bertz CT molecular complexity index is 999. The molecule has 0 spiro atoms. The van der Waals surface area contributed by atoms with E-state index in [0.717, 1.165) is 0 Å². The number of nitrogens with zero attached hydrogens (tertiary/aromatic N) is 3. The summed E-state index contributed by atoms with van der Waals surface area (Å²) < 4.78 is 54.0. The van der Waals surface area contributed by atoms with Crippen molar-refractivity contribution >= 4 is 21.6 Å². The molecule has 2 aliphatic rings. The van der Waals surface area contributed by atoms with Gasteiger partial charge in [0.25, 0.3) is 5.56 Å². The molecule has 2 N–H and O–H groups in total. The van der Waals surface area contributed by atoms with Crippen molar-refractivity contribution in [1.29, 1.82) is 0 Å². The van der Waals surface area contributed by atoms with Gasteiger partial charge in [0.2, 0.25) is 0 Å². The van der Waals surface area contributed by atoms with Crippen LogP contribution >= 0.6 is 0 Å². The molecule has 0 unspecified atom stereocenters. The molecule has 12 nitrogen and oxygen atoms in total. The molecule has 2 fully saturated rings. The molecular weight excluding hydrogens is 372 g/mol. The smallest absolute Gasteiger partial charge is 0.347 e. The first-order valence-corrected chi connectivity index (χ1v) is 9.04. The Labute approximate surface area is 147 Å². The number of H-pyrrole nitrogens is 1. The van der Waals surface area contributed by atoms with Crippen LogP contribution in [0.3, 0.4) is 0 Å². The van der Waals surface area contributed by atoms with Gasteiger partial charge in [0.1, 0.15) is 18.3 Å². The summed E-state index contributed by atoms with van der Waals surface area (Å²) in [6.07, 6.45) is -0.279. The van der Waals surface area contributed by atoms with E-state index in [2.05, 4.69) is 19.1 Å². The second-order valence-electron chi connectivity index (χ2n) is 6.40. The molecule has 2 saturated heterocycles. The minimum Gasteiger partial charge on any atom is -0.347 e. The monoisotopic (exact) mass is 388 g/mol. The molecule has 0 amide bonds. The molecule has 4 atom stereocenters. The number of rotatable bonds is 4. The van der Waals surface area contributed by atoms with Crippen LogP contribution < -0.4 is 5.56 Å². The van der Waals surface area contributed by atoms with Gasteiger partial charge in [-0.3, -0.25) is 13.9 Å². The van der Waals surface area contributed by atoms with Crippen molar-refractivity contribution in [2.75, 3.05) is 6.61 Å². The third-order valence-electron chi connectivity index (χ3n) is 4.15. The summed E-state index contributed by atoms with van der Waals surface area (Å²) in [4.78, 5) is 22.4. The Morgan fingerprint density at radius 2 is 2.08 bits per heavy atom. The van der Waals surface area contributed by atoms with Crippen LogP contribution in [0, 0.1) is 0 Å². The zero-order valence-corrected chi connectivity index (χ0v) is 14.5. The highest BCUT2D eigenvalue weighted by Crippen LogP contribution is 2.43. The number of hydrogen-bond acceptors (Lipinski definition) is 9. The fraction of sp³-hybridized carbons (Fsp3) is 0.615. The molecule has 0 saturated carbocycles. The lowest BCUT2D eigenvalue weighted by atomic mass is 10.1. The van der Waals surface area contributed by atoms with Crippen LogP contribution in [0.5, 0.6) is 0 Å². The maximum atomic E-state index is 11.8. The van der Waals surface area contributed by atoms with Crippen molar-refractivity contribution in [3.05, 3.63) is 23.0 Å². The summed E-state index contributed by atoms with van der Waals surface area (Å²) in [5.41, 5.74) is 0.00379. The number of aromatic nitrogens is 4. The highest BCUT2D eigenvalue weighted by atomic mass is 32.3. The summed E-state index contributed by atoms with van der Waals surface area (Å²) in [5.74, 6) is -0.936. The van der Waals surface area contributed by atoms with Crippen LogP contribution in [0.4, 0.5) is 0 Å². The van der Waals surface area contributed by atoms with Gasteiger partial charge in [-0.25, -0.2) is 14.2 Å². The third kappa shape index (κ3) is 3.02. The van der Waals surface area contributed by atoms with Crippen molar-refractivity contribution in [2.45, 2.75) is 44.2 Å². The molecule has 4 rings (SSSR count). The molecule has 0 aromatic carbocycles. The number of ether oxygens (including phenoxy) is 3. The third-order valence-corrected chi connectivity index (χ3v) is 4.58. The van der Waals surface area contributed by atoms with Gasteiger partial charge in [0, 0.05) is 0 Å². The molecule has 26 heavy (non-hydrogen) atoms. The standard InChI is InChI=1S/C13H16N4O8S/c1-13(2)24-8-6(3-22-26(19,20)21)23-12(9(8)25-13)17-5-16-7-10(17)14-4-15-11(7)18/h4-6,8-9,12H,3H2,1-2H3,(H,14,15,18)(H,19,20,21)/t6-,8-,9-,12-/m1/s1. The predicted octanol–water partition coefficient (Wildman–Crippen LogP) is -0.643. The van der Waals surface area contributed by atoms with Crippen LogP contribution in [0.2, 0.25) is 0 Å². The lowest BCUT2D eigenvalue weighted by molar-refractivity contribution is -0.198. The Morgan fingerprint density at radius 1 is 1.35 bits per heavy atom. The molecule has 2 aromatic rings. The first-order chi connectivity index (χ1) is 12.1. The Kier molecular flexibility index (Phi) is 3.91. The quantitative estimate of drug-likeness (QED) is 0.646. The van der Waals surface area contributed by atoms with Gasteiger partial charge in [0.15, 0.2) is 23.2 Å². The Morgan fingerprint density at radius 3 is 2.81 bits per heavy atom. The van der Waals surface area contributed by atoms with Gasteiger partial charge >= 0.3 is 10.4 Å². The summed E-state index contributed by atoms with van der Waals surface area (Å²) >= 11 is 0. The van der Waals surface area contributed by atoms with E-state index >= 15 is 0 Å². The summed E-state index contributed by atoms with van der Waals surface area (Å²) in [7, 11) is -4.63. The van der Waals surface area contributed by atoms with Gasteiger partial charge in [-0.05, 0) is 13.8 Å². The molecule has 0 radical (unpaired) electrons. The van der Waals surface area contributed by atoms with Crippen LogP contribution in [0.25, 0.3) is 11.2 Å². The molecule has 142 valence electrons. The minimum atomic E-state index is -4.63. The van der Waals surface area contributed by atoms with Gasteiger partial charge in [0.05, 0.1) is 19.3 Å². The molecule has 13 heteroatoms. The zero-order chi connectivity index (χ0) is 18.7. The van der Waals surface area contributed by atoms with Crippen molar-refractivity contribution in [2.24, 2.45) is 0 Å². The SMILES string of the molecule is CC1(C)O[C@@H]2[C@H](O1)[C@@H](COS(=O)(=O)O)O[C@H]2n1cnc2c(=O)[nH]cnc21. The van der Waals surface area contributed by atoms with Crippen molar-refractivity contribution in [1.82, 2.24) is 19.5 Å². The van der Waals surface area contributed by atoms with E-state index in [1.165, 1.54) is 17.2 Å². The van der Waals surface area contributed by atoms with E-state index in [1.54, 1.807) is 13.8 Å². The maximum absolute atomic E-state index is 11.8. The Hall–Kier alpha value is -1.90. The molecule has 2 aromatic heterocycles. The lowest BCUT2D eigenvalue weighted by Gasteiger charge is -2.24. The van der Waals surface area contributed by atoms with E-state index in [9.17, 15) is 13.2 Å². The number of fused-ring (bicyclic) bond motifs is 2. The maximum Gasteiger partial charge on any atom is 0.397 e. The highest BCUT2D eigenvalue weighted by Gasteiger charge is 2.56. The Balaban J connectivity index is 1.69. The van der Waals surface area contributed by atoms with Gasteiger partial charge in [-0.2, -0.15) is 8.42 Å². The van der Waals surface area contributed by atoms with E-state index in [0.29, 0.717) is 0 Å². The van der Waals surface area contributed by atoms with Crippen LogP contribution in [-0.4, -0.2) is 63.2 Å². The average Bonchev–Trinajstić information content (AvgIpc) is 3.16. The number of imidazole rings is 1. The predicted molar refractivity (Wildman–Crippen MR) is 83.4 cm³/mol. The molecule has 0 bridgehead atoms. The average molecular weight is 388 g/mol. The van der Waals surface area contributed by atoms with E-state index in [-0.39, 0.29) is 11.2 Å². The molecular formula is C13H16N4O8S. The lowest BCUT2D eigenvalue weighted by Crippen LogP contribution is -2.33. The highest BCUT2D eigenvalue weighted by molar-refractivity contribution is 7.80. The van der Waals surface area contributed by atoms with Crippen molar-refractivity contribution in [3.63, 3.8) is 0 Å². The molecule has 2 aliphatic heterocycles. The molecule has 0 aliphatic carbocycles. The number of aromatic amines is 1. The van der Waals surface area contributed by atoms with E-state index in [4.69, 9.17) is 18.8 Å². The second-order valence-corrected chi connectivity index (χ2v) is 7.49. The zero-order valence-electron chi connectivity index (χ0n) is 13.7. The van der Waals surface area contributed by atoms with Crippen LogP contribution in [-0.2, 0) is 28.8 Å². The van der Waals surface area contributed by atoms with Gasteiger partial charge < -0.3 is 19.2 Å². The number of nitrogens with one attached hydrogen (secondary N) is 1. The summed E-state index contributed by atoms with van der Waals surface area (Å²) in [6, 6.07) is 0. The van der Waals surface area contributed by atoms with Crippen LogP contribution in [0.1, 0.15) is 20.1 Å². The normalized spacial score (nSPS) is 30.7. The van der Waals surface area contributed by atoms with Crippen molar-refractivity contribution in [3.8, 4) is 0 Å². The second kappa shape index (κ2) is 5.80. The summed E-state index contributed by atoms with van der Waals surface area (Å²) in [6.45, 7) is 2.95.